The summed E-state index contributed by atoms with van der Waals surface area (Å²) in [5.74, 6) is 0. The second-order valence-electron chi connectivity index (χ2n) is 4.28. The van der Waals surface area contributed by atoms with Gasteiger partial charge in [0.2, 0.25) is 0 Å². The topological polar surface area (TPSA) is 115 Å². The molecule has 0 amide bonds. The molecule has 0 saturated heterocycles. The van der Waals surface area contributed by atoms with Crippen molar-refractivity contribution < 1.29 is 29.7 Å². The highest BCUT2D eigenvalue weighted by molar-refractivity contribution is 6.60. The van der Waals surface area contributed by atoms with Crippen LogP contribution in [-0.2, 0) is 0 Å². The fourth-order valence-electron chi connectivity index (χ4n) is 1.65. The molecule has 2 aromatic carbocycles. The summed E-state index contributed by atoms with van der Waals surface area (Å²) in [5, 5.41) is 34.8. The zero-order chi connectivity index (χ0) is 16.5. The molecule has 0 bridgehead atoms. The Morgan fingerprint density at radius 1 is 0.773 bits per heavy atom. The van der Waals surface area contributed by atoms with Gasteiger partial charge in [0.05, 0.1) is 0 Å². The van der Waals surface area contributed by atoms with Crippen molar-refractivity contribution >= 4 is 37.7 Å². The summed E-state index contributed by atoms with van der Waals surface area (Å²) in [6, 6.07) is 12.5. The summed E-state index contributed by atoms with van der Waals surface area (Å²) in [4.78, 5) is 20.5. The average molecular weight is 300 g/mol. The molecule has 0 radical (unpaired) electrons. The second-order valence-corrected chi connectivity index (χ2v) is 4.28. The Hall–Kier alpha value is -2.25. The largest absolute Gasteiger partial charge is 0.489 e. The molecule has 0 aliphatic carbocycles. The van der Waals surface area contributed by atoms with Gasteiger partial charge in [-0.05, 0) is 10.9 Å². The first kappa shape index (κ1) is 17.8. The highest BCUT2D eigenvalue weighted by Gasteiger charge is 2.13. The zero-order valence-electron chi connectivity index (χ0n) is 11.5. The Balaban J connectivity index is 0.000000220. The fraction of sp³-hybridized carbons (Fsp3) is 0. The fourth-order valence-corrected chi connectivity index (χ4v) is 1.65. The maximum Gasteiger partial charge on any atom is 0.489 e. The Bertz CT molecular complexity index is 630. The molecular formula is C14H14B2O6. The van der Waals surface area contributed by atoms with Gasteiger partial charge in [0, 0.05) is 11.1 Å². The molecule has 2 aromatic rings. The van der Waals surface area contributed by atoms with Gasteiger partial charge in [0.15, 0.2) is 0 Å². The van der Waals surface area contributed by atoms with Crippen molar-refractivity contribution in [3.8, 4) is 0 Å². The van der Waals surface area contributed by atoms with E-state index in [2.05, 4.69) is 0 Å². The van der Waals surface area contributed by atoms with E-state index in [-0.39, 0.29) is 5.46 Å². The molecule has 0 aliphatic rings. The second kappa shape index (κ2) is 8.91. The molecule has 6 nitrogen and oxygen atoms in total. The molecule has 2 rings (SSSR count). The molecule has 0 heterocycles. The van der Waals surface area contributed by atoms with Crippen LogP contribution >= 0.6 is 0 Å². The number of benzene rings is 2. The van der Waals surface area contributed by atoms with Gasteiger partial charge in [0.1, 0.15) is 12.6 Å². The first-order chi connectivity index (χ1) is 10.5. The molecule has 4 N–H and O–H groups in total. The molecule has 0 aromatic heterocycles. The van der Waals surface area contributed by atoms with Gasteiger partial charge in [0.25, 0.3) is 0 Å². The summed E-state index contributed by atoms with van der Waals surface area (Å²) in [7, 11) is -3.08. The van der Waals surface area contributed by atoms with E-state index < -0.39 is 14.2 Å². The van der Waals surface area contributed by atoms with Crippen LogP contribution in [0.1, 0.15) is 20.7 Å². The smallest absolute Gasteiger partial charge is 0.423 e. The van der Waals surface area contributed by atoms with E-state index in [1.165, 1.54) is 24.3 Å². The van der Waals surface area contributed by atoms with Crippen LogP contribution in [0.3, 0.4) is 0 Å². The molecule has 22 heavy (non-hydrogen) atoms. The minimum Gasteiger partial charge on any atom is -0.423 e. The SMILES string of the molecule is O=Cc1cccc(B(O)O)c1.O=Cc1ccccc1B(O)O. The number of hydrogen-bond acceptors (Lipinski definition) is 6. The van der Waals surface area contributed by atoms with Gasteiger partial charge in [-0.2, -0.15) is 0 Å². The third-order valence-corrected chi connectivity index (χ3v) is 2.75. The number of carbonyl (C=O) groups is 2. The van der Waals surface area contributed by atoms with Gasteiger partial charge in [-0.15, -0.1) is 0 Å². The first-order valence-corrected chi connectivity index (χ1v) is 6.31. The van der Waals surface area contributed by atoms with E-state index in [9.17, 15) is 9.59 Å². The zero-order valence-corrected chi connectivity index (χ0v) is 11.5. The lowest BCUT2D eigenvalue weighted by Gasteiger charge is -2.00. The third kappa shape index (κ3) is 5.27. The van der Waals surface area contributed by atoms with Crippen LogP contribution in [0.5, 0.6) is 0 Å². The van der Waals surface area contributed by atoms with Gasteiger partial charge < -0.3 is 20.1 Å². The quantitative estimate of drug-likeness (QED) is 0.397. The van der Waals surface area contributed by atoms with E-state index in [0.29, 0.717) is 29.2 Å². The van der Waals surface area contributed by atoms with E-state index in [1.54, 1.807) is 24.3 Å². The van der Waals surface area contributed by atoms with E-state index in [0.717, 1.165) is 0 Å². The highest BCUT2D eigenvalue weighted by atomic mass is 16.4. The van der Waals surface area contributed by atoms with Crippen LogP contribution in [-0.4, -0.2) is 46.9 Å². The van der Waals surface area contributed by atoms with Crippen molar-refractivity contribution in [3.63, 3.8) is 0 Å². The molecule has 0 fully saturated rings. The maximum atomic E-state index is 10.3. The summed E-state index contributed by atoms with van der Waals surface area (Å²) in [5.41, 5.74) is 1.32. The number of rotatable bonds is 4. The number of hydrogen-bond donors (Lipinski definition) is 4. The van der Waals surface area contributed by atoms with Crippen LogP contribution in [0.2, 0.25) is 0 Å². The van der Waals surface area contributed by atoms with Crippen molar-refractivity contribution in [1.82, 2.24) is 0 Å². The predicted octanol–water partition coefficient (Wildman–Crippen LogP) is -1.64. The molecule has 8 heteroatoms. The summed E-state index contributed by atoms with van der Waals surface area (Å²) >= 11 is 0. The van der Waals surface area contributed by atoms with Crippen LogP contribution in [0.15, 0.2) is 48.5 Å². The lowest BCUT2D eigenvalue weighted by Crippen LogP contribution is -2.32. The highest BCUT2D eigenvalue weighted by Crippen LogP contribution is 1.92. The minimum atomic E-state index is -1.57. The lowest BCUT2D eigenvalue weighted by atomic mass is 9.77. The van der Waals surface area contributed by atoms with Gasteiger partial charge in [-0.25, -0.2) is 0 Å². The third-order valence-electron chi connectivity index (χ3n) is 2.75. The standard InChI is InChI=1S/2C7H7BO3/c9-5-6-2-1-3-7(4-6)8(10)11;9-5-6-3-1-2-4-7(6)8(10)11/h2*1-5,10-11H. The summed E-state index contributed by atoms with van der Waals surface area (Å²) in [6.45, 7) is 0. The summed E-state index contributed by atoms with van der Waals surface area (Å²) < 4.78 is 0. The van der Waals surface area contributed by atoms with Crippen molar-refractivity contribution in [1.29, 1.82) is 0 Å². The molecule has 0 unspecified atom stereocenters. The van der Waals surface area contributed by atoms with Crippen molar-refractivity contribution in [2.75, 3.05) is 0 Å². The number of carbonyl (C=O) groups excluding carboxylic acids is 2. The van der Waals surface area contributed by atoms with Crippen LogP contribution in [0, 0.1) is 0 Å². The lowest BCUT2D eigenvalue weighted by molar-refractivity contribution is 0.111. The van der Waals surface area contributed by atoms with E-state index in [1.807, 2.05) is 0 Å². The van der Waals surface area contributed by atoms with Crippen molar-refractivity contribution in [3.05, 3.63) is 59.7 Å². The Morgan fingerprint density at radius 2 is 1.45 bits per heavy atom. The van der Waals surface area contributed by atoms with E-state index in [4.69, 9.17) is 20.1 Å². The van der Waals surface area contributed by atoms with Gasteiger partial charge in [-0.3, -0.25) is 9.59 Å². The van der Waals surface area contributed by atoms with Gasteiger partial charge in [-0.1, -0.05) is 48.5 Å². The maximum absolute atomic E-state index is 10.3. The molecular weight excluding hydrogens is 286 g/mol. The first-order valence-electron chi connectivity index (χ1n) is 6.31. The molecule has 112 valence electrons. The van der Waals surface area contributed by atoms with E-state index >= 15 is 0 Å². The minimum absolute atomic E-state index is 0.238. The van der Waals surface area contributed by atoms with Crippen molar-refractivity contribution in [2.24, 2.45) is 0 Å². The van der Waals surface area contributed by atoms with Gasteiger partial charge >= 0.3 is 14.2 Å². The monoisotopic (exact) mass is 300 g/mol. The number of aldehydes is 2. The predicted molar refractivity (Wildman–Crippen MR) is 83.3 cm³/mol. The molecule has 0 spiro atoms. The van der Waals surface area contributed by atoms with Crippen LogP contribution < -0.4 is 10.9 Å². The Kier molecular flexibility index (Phi) is 7.21. The normalized spacial score (nSPS) is 9.27. The average Bonchev–Trinajstić information content (AvgIpc) is 2.55. The molecule has 0 aliphatic heterocycles. The molecule has 0 atom stereocenters. The van der Waals surface area contributed by atoms with Crippen LogP contribution in [0.25, 0.3) is 0 Å². The molecule has 0 saturated carbocycles. The van der Waals surface area contributed by atoms with Crippen molar-refractivity contribution in [2.45, 2.75) is 0 Å². The Labute approximate surface area is 128 Å². The van der Waals surface area contributed by atoms with Crippen LogP contribution in [0.4, 0.5) is 0 Å². The summed E-state index contributed by atoms with van der Waals surface area (Å²) in [6.07, 6.45) is 1.25. The Morgan fingerprint density at radius 3 is 1.95 bits per heavy atom.